The van der Waals surface area contributed by atoms with Crippen LogP contribution in [0.25, 0.3) is 0 Å². The van der Waals surface area contributed by atoms with Gasteiger partial charge >= 0.3 is 6.09 Å². The quantitative estimate of drug-likeness (QED) is 0.385. The number of halogens is 2. The lowest BCUT2D eigenvalue weighted by Gasteiger charge is -2.51. The van der Waals surface area contributed by atoms with Crippen molar-refractivity contribution in [2.75, 3.05) is 31.1 Å². The van der Waals surface area contributed by atoms with Crippen LogP contribution in [0.2, 0.25) is 0 Å². The first-order valence-corrected chi connectivity index (χ1v) is 11.9. The number of hydrogen-bond donors (Lipinski definition) is 1. The number of benzene rings is 2. The highest BCUT2D eigenvalue weighted by atomic mass is 19.1. The number of ether oxygens (including phenoxy) is 1. The third-order valence-electron chi connectivity index (χ3n) is 7.29. The molecule has 182 valence electrons. The molecule has 3 saturated heterocycles. The fraction of sp³-hybridized carbons (Fsp3) is 0.333. The van der Waals surface area contributed by atoms with Gasteiger partial charge in [-0.2, -0.15) is 0 Å². The van der Waals surface area contributed by atoms with E-state index in [2.05, 4.69) is 4.98 Å². The van der Waals surface area contributed by atoms with Gasteiger partial charge in [-0.1, -0.05) is 24.3 Å². The number of piperidine rings is 3. The number of aromatic nitrogens is 1. The number of rotatable bonds is 7. The van der Waals surface area contributed by atoms with Gasteiger partial charge in [0.05, 0.1) is 31.0 Å². The summed E-state index contributed by atoms with van der Waals surface area (Å²) in [5, 5.41) is 0. The fourth-order valence-corrected chi connectivity index (χ4v) is 5.35. The highest BCUT2D eigenvalue weighted by molar-refractivity contribution is 5.95. The third kappa shape index (κ3) is 4.98. The Morgan fingerprint density at radius 1 is 1.00 bits per heavy atom. The number of carbonyl (C=O) groups is 2. The van der Waals surface area contributed by atoms with Crippen LogP contribution in [0.3, 0.4) is 0 Å². The topological polar surface area (TPSA) is 62.4 Å². The summed E-state index contributed by atoms with van der Waals surface area (Å²) >= 11 is 0. The maximum atomic E-state index is 14.7. The van der Waals surface area contributed by atoms with Crippen LogP contribution in [-0.2, 0) is 11.3 Å². The van der Waals surface area contributed by atoms with E-state index in [-0.39, 0.29) is 35.9 Å². The minimum Gasteiger partial charge on any atom is -0.440 e. The Labute approximate surface area is 202 Å². The first kappa shape index (κ1) is 23.2. The summed E-state index contributed by atoms with van der Waals surface area (Å²) in [6, 6.07) is 15.4. The number of ketones is 1. The van der Waals surface area contributed by atoms with Gasteiger partial charge in [0.25, 0.3) is 0 Å². The van der Waals surface area contributed by atoms with E-state index >= 15 is 0 Å². The summed E-state index contributed by atoms with van der Waals surface area (Å²) in [5.41, 5.74) is 1.35. The van der Waals surface area contributed by atoms with E-state index in [4.69, 9.17) is 4.74 Å². The van der Waals surface area contributed by atoms with Gasteiger partial charge in [-0.25, -0.2) is 13.6 Å². The van der Waals surface area contributed by atoms with Crippen molar-refractivity contribution in [2.45, 2.75) is 25.5 Å². The second kappa shape index (κ2) is 9.62. The van der Waals surface area contributed by atoms with Gasteiger partial charge < -0.3 is 14.2 Å². The number of para-hydroxylation sites is 1. The maximum absolute atomic E-state index is 14.7. The molecule has 1 N–H and O–H groups in total. The Morgan fingerprint density at radius 2 is 1.74 bits per heavy atom. The van der Waals surface area contributed by atoms with Crippen LogP contribution in [0.4, 0.5) is 19.3 Å². The number of Topliss-reactive ketones (excluding diaryl/α,β-unsaturated/α-hetero) is 1. The molecule has 3 aromatic rings. The summed E-state index contributed by atoms with van der Waals surface area (Å²) in [5.74, 6) is -0.665. The van der Waals surface area contributed by atoms with E-state index in [1.807, 2.05) is 0 Å². The lowest BCUT2D eigenvalue weighted by molar-refractivity contribution is -0.938. The molecule has 3 aliphatic heterocycles. The van der Waals surface area contributed by atoms with Gasteiger partial charge in [-0.15, -0.1) is 0 Å². The van der Waals surface area contributed by atoms with Crippen LogP contribution in [0.1, 0.15) is 28.9 Å². The van der Waals surface area contributed by atoms with Crippen LogP contribution < -0.4 is 4.90 Å². The van der Waals surface area contributed by atoms with Crippen LogP contribution in [0, 0.1) is 17.6 Å². The van der Waals surface area contributed by atoms with E-state index < -0.39 is 11.9 Å². The summed E-state index contributed by atoms with van der Waals surface area (Å²) in [4.78, 5) is 30.5. The largest absolute Gasteiger partial charge is 0.440 e. The molecule has 0 spiro atoms. The molecule has 4 heterocycles. The summed E-state index contributed by atoms with van der Waals surface area (Å²) < 4.78 is 34.7. The Balaban J connectivity index is 1.34. The molecule has 1 unspecified atom stereocenters. The average Bonchev–Trinajstić information content (AvgIpc) is 3.40. The minimum absolute atomic E-state index is 0.0444. The molecule has 0 saturated carbocycles. The number of quaternary nitrogens is 1. The molecule has 1 amide bonds. The van der Waals surface area contributed by atoms with Crippen LogP contribution >= 0.6 is 0 Å². The molecule has 1 atom stereocenters. The van der Waals surface area contributed by atoms with Gasteiger partial charge in [-0.3, -0.25) is 9.69 Å². The molecular formula is C27H28F2N3O3+. The first-order chi connectivity index (χ1) is 16.9. The second-order valence-electron chi connectivity index (χ2n) is 9.56. The zero-order valence-electron chi connectivity index (χ0n) is 19.3. The molecule has 2 bridgehead atoms. The predicted molar refractivity (Wildman–Crippen MR) is 127 cm³/mol. The molecule has 1 aromatic heterocycles. The molecule has 8 heteroatoms. The molecule has 3 fully saturated rings. The van der Waals surface area contributed by atoms with Crippen molar-refractivity contribution in [1.29, 1.82) is 0 Å². The Kier molecular flexibility index (Phi) is 6.38. The number of aromatic amines is 1. The van der Waals surface area contributed by atoms with E-state index in [1.165, 1.54) is 29.2 Å². The first-order valence-electron chi connectivity index (χ1n) is 11.9. The van der Waals surface area contributed by atoms with Crippen molar-refractivity contribution >= 4 is 17.6 Å². The number of H-pyrrole nitrogens is 1. The van der Waals surface area contributed by atoms with Gasteiger partial charge in [0, 0.05) is 25.0 Å². The van der Waals surface area contributed by atoms with Crippen LogP contribution in [0.15, 0.2) is 66.9 Å². The SMILES string of the molecule is O=C(C[N+]12CCC(CC1)C(OC(=O)N(Cc1ccc(F)cc1)c1ccccc1F)C2)c1ccc[nH]1. The van der Waals surface area contributed by atoms with E-state index in [0.717, 1.165) is 25.9 Å². The summed E-state index contributed by atoms with van der Waals surface area (Å²) in [7, 11) is 0. The van der Waals surface area contributed by atoms with Crippen LogP contribution in [-0.4, -0.2) is 53.6 Å². The van der Waals surface area contributed by atoms with Crippen molar-refractivity contribution < 1.29 is 27.6 Å². The normalized spacial score (nSPS) is 23.1. The van der Waals surface area contributed by atoms with Crippen molar-refractivity contribution in [2.24, 2.45) is 5.92 Å². The Morgan fingerprint density at radius 3 is 2.43 bits per heavy atom. The number of nitrogens with one attached hydrogen (secondary N) is 1. The standard InChI is InChI=1S/C27H27F2N3O3/c28-21-9-7-19(8-10-21)16-31(24-6-2-1-4-22(24)29)27(34)35-26-18-32(14-11-20(26)12-15-32)17-25(33)23-5-3-13-30-23/h1-10,13,20,26H,11-12,14-18H2/p+1. The van der Waals surface area contributed by atoms with Crippen molar-refractivity contribution in [1.82, 2.24) is 4.98 Å². The van der Waals surface area contributed by atoms with Crippen molar-refractivity contribution in [3.05, 3.63) is 89.8 Å². The smallest absolute Gasteiger partial charge is 0.415 e. The number of anilines is 1. The number of fused-ring (bicyclic) bond motifs is 3. The Hall–Kier alpha value is -3.52. The zero-order valence-corrected chi connectivity index (χ0v) is 19.3. The van der Waals surface area contributed by atoms with E-state index in [0.29, 0.717) is 28.8 Å². The third-order valence-corrected chi connectivity index (χ3v) is 7.29. The number of nitrogens with zero attached hydrogens (tertiary/aromatic N) is 2. The highest BCUT2D eigenvalue weighted by Gasteiger charge is 2.49. The second-order valence-corrected chi connectivity index (χ2v) is 9.56. The van der Waals surface area contributed by atoms with Crippen molar-refractivity contribution in [3.8, 4) is 0 Å². The highest BCUT2D eigenvalue weighted by Crippen LogP contribution is 2.36. The molecule has 3 aliphatic rings. The molecular weight excluding hydrogens is 452 g/mol. The minimum atomic E-state index is -0.646. The predicted octanol–water partition coefficient (Wildman–Crippen LogP) is 4.93. The lowest BCUT2D eigenvalue weighted by atomic mass is 9.83. The average molecular weight is 481 g/mol. The lowest BCUT2D eigenvalue weighted by Crippen LogP contribution is -2.66. The molecule has 6 rings (SSSR count). The molecule has 2 aromatic carbocycles. The van der Waals surface area contributed by atoms with Gasteiger partial charge in [-0.05, 0) is 42.0 Å². The molecule has 35 heavy (non-hydrogen) atoms. The molecule has 6 nitrogen and oxygen atoms in total. The Bertz CT molecular complexity index is 1190. The molecule has 0 radical (unpaired) electrons. The maximum Gasteiger partial charge on any atom is 0.415 e. The van der Waals surface area contributed by atoms with E-state index in [9.17, 15) is 18.4 Å². The summed E-state index contributed by atoms with van der Waals surface area (Å²) in [6.07, 6.45) is 2.47. The number of amides is 1. The van der Waals surface area contributed by atoms with Gasteiger partial charge in [0.1, 0.15) is 24.7 Å². The van der Waals surface area contributed by atoms with E-state index in [1.54, 1.807) is 42.6 Å². The molecule has 0 aliphatic carbocycles. The number of carbonyl (C=O) groups excluding carboxylic acids is 2. The summed E-state index contributed by atoms with van der Waals surface area (Å²) in [6.45, 7) is 2.71. The zero-order chi connectivity index (χ0) is 24.4. The van der Waals surface area contributed by atoms with Crippen LogP contribution in [0.5, 0.6) is 0 Å². The monoisotopic (exact) mass is 480 g/mol. The van der Waals surface area contributed by atoms with Crippen molar-refractivity contribution in [3.63, 3.8) is 0 Å². The number of hydrogen-bond acceptors (Lipinski definition) is 3. The fourth-order valence-electron chi connectivity index (χ4n) is 5.35. The van der Waals surface area contributed by atoms with Gasteiger partial charge in [0.15, 0.2) is 6.10 Å². The van der Waals surface area contributed by atoms with Gasteiger partial charge in [0.2, 0.25) is 5.78 Å².